The van der Waals surface area contributed by atoms with E-state index >= 15 is 0 Å². The van der Waals surface area contributed by atoms with Gasteiger partial charge in [0.1, 0.15) is 0 Å². The van der Waals surface area contributed by atoms with Gasteiger partial charge in [-0.25, -0.2) is 0 Å². The maximum absolute atomic E-state index is 13.3. The second-order valence-electron chi connectivity index (χ2n) is 2.92. The summed E-state index contributed by atoms with van der Waals surface area (Å²) in [5, 5.41) is 8.79. The Morgan fingerprint density at radius 3 is 2.92 bits per heavy atom. The van der Waals surface area contributed by atoms with Crippen LogP contribution in [0.2, 0.25) is 0 Å². The van der Waals surface area contributed by atoms with E-state index in [1.54, 1.807) is 6.07 Å². The monoisotopic (exact) mass is 185 g/mol. The Morgan fingerprint density at radius 2 is 2.31 bits per heavy atom. The summed E-state index contributed by atoms with van der Waals surface area (Å²) >= 11 is 0. The van der Waals surface area contributed by atoms with Gasteiger partial charge in [-0.2, -0.15) is 13.9 Å². The molecule has 0 fully saturated rings. The van der Waals surface area contributed by atoms with Gasteiger partial charge in [-0.1, -0.05) is 6.08 Å². The predicted molar refractivity (Wildman–Crippen MR) is 44.4 cm³/mol. The smallest absolute Gasteiger partial charge is 0.287 e. The fraction of sp³-hybridized carbons (Fsp3) is 0.375. The number of halogens is 2. The van der Waals surface area contributed by atoms with Crippen LogP contribution in [0, 0.1) is 0 Å². The van der Waals surface area contributed by atoms with Gasteiger partial charge < -0.3 is 5.32 Å². The topological polar surface area (TPSA) is 40.7 Å². The highest BCUT2D eigenvalue weighted by molar-refractivity contribution is 5.69. The third kappa shape index (κ3) is 1.47. The summed E-state index contributed by atoms with van der Waals surface area (Å²) in [4.78, 5) is 0. The molecule has 0 saturated carbocycles. The average molecular weight is 185 g/mol. The molecule has 1 aromatic rings. The van der Waals surface area contributed by atoms with Gasteiger partial charge in [-0.15, -0.1) is 0 Å². The van der Waals surface area contributed by atoms with Gasteiger partial charge in [0.2, 0.25) is 0 Å². The molecule has 0 saturated heterocycles. The first-order chi connectivity index (χ1) is 6.20. The van der Waals surface area contributed by atoms with Crippen LogP contribution in [0.1, 0.15) is 5.69 Å². The number of rotatable bonds is 1. The molecule has 0 bridgehead atoms. The van der Waals surface area contributed by atoms with E-state index in [1.165, 1.54) is 12.3 Å². The van der Waals surface area contributed by atoms with Gasteiger partial charge in [0.15, 0.2) is 0 Å². The Morgan fingerprint density at radius 1 is 1.46 bits per heavy atom. The maximum Gasteiger partial charge on any atom is 0.287 e. The minimum atomic E-state index is -2.80. The van der Waals surface area contributed by atoms with Crippen LogP contribution in [-0.4, -0.2) is 29.2 Å². The summed E-state index contributed by atoms with van der Waals surface area (Å²) in [6.07, 6.45) is 2.95. The van der Waals surface area contributed by atoms with Crippen LogP contribution in [0.4, 0.5) is 8.78 Å². The molecule has 3 nitrogen and oxygen atoms in total. The first-order valence-electron chi connectivity index (χ1n) is 3.99. The lowest BCUT2D eigenvalue weighted by Crippen LogP contribution is -2.38. The van der Waals surface area contributed by atoms with Crippen molar-refractivity contribution in [3.05, 3.63) is 24.0 Å². The van der Waals surface area contributed by atoms with E-state index in [0.29, 0.717) is 12.2 Å². The molecule has 0 aromatic carbocycles. The SMILES string of the molecule is FC1(F)CNCC=C1c1ccn[nH]1. The van der Waals surface area contributed by atoms with E-state index in [0.717, 1.165) is 0 Å². The zero-order valence-electron chi connectivity index (χ0n) is 6.85. The minimum absolute atomic E-state index is 0.0313. The van der Waals surface area contributed by atoms with E-state index in [1.807, 2.05) is 0 Å². The third-order valence-electron chi connectivity index (χ3n) is 1.98. The van der Waals surface area contributed by atoms with Gasteiger partial charge in [-0.3, -0.25) is 5.10 Å². The molecular formula is C8H9F2N3. The standard InChI is InChI=1S/C8H9F2N3/c9-8(10)5-11-3-1-6(8)7-2-4-12-13-7/h1-2,4,11H,3,5H2,(H,12,13). The number of aromatic nitrogens is 2. The molecule has 2 rings (SSSR count). The van der Waals surface area contributed by atoms with Crippen molar-refractivity contribution >= 4 is 5.57 Å². The quantitative estimate of drug-likeness (QED) is 0.686. The van der Waals surface area contributed by atoms with Crippen molar-refractivity contribution in [2.75, 3.05) is 13.1 Å². The van der Waals surface area contributed by atoms with Crippen molar-refractivity contribution in [2.24, 2.45) is 0 Å². The molecule has 2 N–H and O–H groups in total. The zero-order chi connectivity index (χ0) is 9.31. The van der Waals surface area contributed by atoms with Crippen LogP contribution in [0.15, 0.2) is 18.3 Å². The summed E-state index contributed by atoms with van der Waals surface area (Å²) in [6, 6.07) is 1.55. The second kappa shape index (κ2) is 2.92. The van der Waals surface area contributed by atoms with Crippen molar-refractivity contribution in [1.82, 2.24) is 15.5 Å². The van der Waals surface area contributed by atoms with Crippen molar-refractivity contribution in [3.63, 3.8) is 0 Å². The molecule has 0 radical (unpaired) electrons. The highest BCUT2D eigenvalue weighted by Crippen LogP contribution is 2.32. The fourth-order valence-corrected chi connectivity index (χ4v) is 1.36. The molecule has 0 unspecified atom stereocenters. The predicted octanol–water partition coefficient (Wildman–Crippen LogP) is 1.03. The highest BCUT2D eigenvalue weighted by Gasteiger charge is 2.37. The van der Waals surface area contributed by atoms with E-state index in [-0.39, 0.29) is 12.1 Å². The molecule has 13 heavy (non-hydrogen) atoms. The fourth-order valence-electron chi connectivity index (χ4n) is 1.36. The molecule has 0 spiro atoms. The van der Waals surface area contributed by atoms with Crippen molar-refractivity contribution in [2.45, 2.75) is 5.92 Å². The van der Waals surface area contributed by atoms with Gasteiger partial charge in [-0.05, 0) is 6.07 Å². The van der Waals surface area contributed by atoms with E-state index < -0.39 is 5.92 Å². The number of alkyl halides is 2. The van der Waals surface area contributed by atoms with Crippen molar-refractivity contribution < 1.29 is 8.78 Å². The maximum atomic E-state index is 13.3. The molecule has 5 heteroatoms. The number of nitrogens with zero attached hydrogens (tertiary/aromatic N) is 1. The van der Waals surface area contributed by atoms with Crippen LogP contribution in [0.3, 0.4) is 0 Å². The Kier molecular flexibility index (Phi) is 1.88. The van der Waals surface area contributed by atoms with Crippen LogP contribution in [-0.2, 0) is 0 Å². The number of aromatic amines is 1. The molecule has 1 aromatic heterocycles. The lowest BCUT2D eigenvalue weighted by molar-refractivity contribution is 0.0633. The lowest BCUT2D eigenvalue weighted by Gasteiger charge is -2.23. The Bertz CT molecular complexity index is 316. The largest absolute Gasteiger partial charge is 0.307 e. The van der Waals surface area contributed by atoms with Crippen LogP contribution in [0.25, 0.3) is 5.57 Å². The van der Waals surface area contributed by atoms with Crippen molar-refractivity contribution in [1.29, 1.82) is 0 Å². The van der Waals surface area contributed by atoms with E-state index in [2.05, 4.69) is 15.5 Å². The second-order valence-corrected chi connectivity index (χ2v) is 2.92. The Labute approximate surface area is 73.8 Å². The van der Waals surface area contributed by atoms with Gasteiger partial charge in [0, 0.05) is 18.3 Å². The summed E-state index contributed by atoms with van der Waals surface area (Å²) in [6.45, 7) is 0.168. The van der Waals surface area contributed by atoms with Crippen LogP contribution >= 0.6 is 0 Å². The average Bonchev–Trinajstić information content (AvgIpc) is 2.55. The number of nitrogens with one attached hydrogen (secondary N) is 2. The minimum Gasteiger partial charge on any atom is -0.307 e. The molecule has 0 amide bonds. The van der Waals surface area contributed by atoms with Gasteiger partial charge in [0.25, 0.3) is 5.92 Å². The summed E-state index contributed by atoms with van der Waals surface area (Å²) in [5.74, 6) is -2.80. The molecule has 1 aliphatic rings. The Balaban J connectivity index is 2.36. The molecule has 70 valence electrons. The molecule has 2 heterocycles. The summed E-state index contributed by atoms with van der Waals surface area (Å²) < 4.78 is 26.5. The number of hydrogen-bond donors (Lipinski definition) is 2. The first-order valence-corrected chi connectivity index (χ1v) is 3.99. The van der Waals surface area contributed by atoms with E-state index in [9.17, 15) is 8.78 Å². The third-order valence-corrected chi connectivity index (χ3v) is 1.98. The highest BCUT2D eigenvalue weighted by atomic mass is 19.3. The van der Waals surface area contributed by atoms with Crippen molar-refractivity contribution in [3.8, 4) is 0 Å². The van der Waals surface area contributed by atoms with Crippen LogP contribution < -0.4 is 5.32 Å². The normalized spacial score (nSPS) is 21.2. The van der Waals surface area contributed by atoms with Gasteiger partial charge in [0.05, 0.1) is 12.2 Å². The summed E-state index contributed by atoms with van der Waals surface area (Å²) in [5.41, 5.74) is 0.426. The summed E-state index contributed by atoms with van der Waals surface area (Å²) in [7, 11) is 0. The lowest BCUT2D eigenvalue weighted by atomic mass is 10.0. The Hall–Kier alpha value is -1.23. The molecular weight excluding hydrogens is 176 g/mol. The van der Waals surface area contributed by atoms with Gasteiger partial charge >= 0.3 is 0 Å². The number of H-pyrrole nitrogens is 1. The van der Waals surface area contributed by atoms with E-state index in [4.69, 9.17) is 0 Å². The molecule has 0 atom stereocenters. The number of hydrogen-bond acceptors (Lipinski definition) is 2. The van der Waals surface area contributed by atoms with Crippen LogP contribution in [0.5, 0.6) is 0 Å². The molecule has 1 aliphatic heterocycles. The first kappa shape index (κ1) is 8.37. The zero-order valence-corrected chi connectivity index (χ0v) is 6.85. The molecule has 0 aliphatic carbocycles.